The molecule has 2 amide bonds. The number of aromatic nitrogens is 3. The van der Waals surface area contributed by atoms with E-state index in [9.17, 15) is 14.0 Å². The van der Waals surface area contributed by atoms with Crippen molar-refractivity contribution in [3.63, 3.8) is 0 Å². The molecule has 3 heterocycles. The van der Waals surface area contributed by atoms with Crippen LogP contribution in [0.1, 0.15) is 23.8 Å². The van der Waals surface area contributed by atoms with Gasteiger partial charge in [0.1, 0.15) is 5.82 Å². The fraction of sp³-hybridized carbons (Fsp3) is 0.211. The standard InChI is InChI=1S/C19H16FN5O3/c1-25(10-17-23-18(24-28-17)11-3-2-6-21-9-11)19(27)14-8-16(26)22-15-5-4-12(20)7-13(14)15/h2-7,9,14H,8,10H2,1H3,(H,22,26)/t14-/m1/s1. The molecule has 0 unspecified atom stereocenters. The van der Waals surface area contributed by atoms with Crippen molar-refractivity contribution in [1.29, 1.82) is 0 Å². The molecule has 0 spiro atoms. The first-order valence-corrected chi connectivity index (χ1v) is 8.58. The molecule has 3 aromatic rings. The van der Waals surface area contributed by atoms with Gasteiger partial charge >= 0.3 is 0 Å². The maximum absolute atomic E-state index is 13.7. The van der Waals surface area contributed by atoms with Gasteiger partial charge in [0.25, 0.3) is 0 Å². The van der Waals surface area contributed by atoms with Crippen LogP contribution in [-0.4, -0.2) is 38.9 Å². The number of halogens is 1. The summed E-state index contributed by atoms with van der Waals surface area (Å²) in [6.07, 6.45) is 3.19. The number of nitrogens with one attached hydrogen (secondary N) is 1. The van der Waals surface area contributed by atoms with Gasteiger partial charge in [-0.05, 0) is 35.9 Å². The van der Waals surface area contributed by atoms with Crippen molar-refractivity contribution in [1.82, 2.24) is 20.0 Å². The molecule has 28 heavy (non-hydrogen) atoms. The van der Waals surface area contributed by atoms with Crippen molar-refractivity contribution in [2.75, 3.05) is 12.4 Å². The van der Waals surface area contributed by atoms with Crippen LogP contribution < -0.4 is 5.32 Å². The number of hydrogen-bond donors (Lipinski definition) is 1. The lowest BCUT2D eigenvalue weighted by Crippen LogP contribution is -2.36. The SMILES string of the molecule is CN(Cc1nc(-c2cccnc2)no1)C(=O)[C@@H]1CC(=O)Nc2ccc(F)cc21. The minimum absolute atomic E-state index is 0.0512. The Bertz CT molecular complexity index is 1040. The molecule has 4 rings (SSSR count). The zero-order chi connectivity index (χ0) is 19.7. The Morgan fingerprint density at radius 2 is 2.25 bits per heavy atom. The Labute approximate surface area is 159 Å². The third-order valence-corrected chi connectivity index (χ3v) is 4.49. The first kappa shape index (κ1) is 17.8. The molecule has 142 valence electrons. The molecule has 8 nitrogen and oxygen atoms in total. The first-order valence-electron chi connectivity index (χ1n) is 8.58. The molecule has 0 fully saturated rings. The van der Waals surface area contributed by atoms with Crippen LogP contribution in [0.15, 0.2) is 47.2 Å². The second kappa shape index (κ2) is 7.18. The summed E-state index contributed by atoms with van der Waals surface area (Å²) in [5, 5.41) is 6.55. The van der Waals surface area contributed by atoms with E-state index in [0.717, 1.165) is 0 Å². The van der Waals surface area contributed by atoms with Crippen molar-refractivity contribution in [2.24, 2.45) is 0 Å². The van der Waals surface area contributed by atoms with Crippen molar-refractivity contribution in [3.8, 4) is 11.4 Å². The molecular formula is C19H16FN5O3. The fourth-order valence-electron chi connectivity index (χ4n) is 3.13. The summed E-state index contributed by atoms with van der Waals surface area (Å²) < 4.78 is 18.9. The van der Waals surface area contributed by atoms with Crippen LogP contribution in [0.25, 0.3) is 11.4 Å². The van der Waals surface area contributed by atoms with Gasteiger partial charge in [-0.3, -0.25) is 14.6 Å². The Kier molecular flexibility index (Phi) is 4.56. The first-order chi connectivity index (χ1) is 13.5. The van der Waals surface area contributed by atoms with E-state index in [-0.39, 0.29) is 30.7 Å². The van der Waals surface area contributed by atoms with Gasteiger partial charge in [0, 0.05) is 37.1 Å². The summed E-state index contributed by atoms with van der Waals surface area (Å²) in [5.74, 6) is -1.24. The number of amides is 2. The molecule has 0 aliphatic carbocycles. The fourth-order valence-corrected chi connectivity index (χ4v) is 3.13. The number of benzene rings is 1. The van der Waals surface area contributed by atoms with E-state index >= 15 is 0 Å². The van der Waals surface area contributed by atoms with Gasteiger partial charge in [-0.25, -0.2) is 4.39 Å². The predicted molar refractivity (Wildman–Crippen MR) is 96.4 cm³/mol. The Balaban J connectivity index is 1.52. The number of likely N-dealkylation sites (N-methyl/N-ethyl adjacent to an activating group) is 1. The second-order valence-corrected chi connectivity index (χ2v) is 6.48. The molecule has 1 aliphatic heterocycles. The van der Waals surface area contributed by atoms with Gasteiger partial charge in [-0.2, -0.15) is 4.98 Å². The van der Waals surface area contributed by atoms with E-state index < -0.39 is 11.7 Å². The Morgan fingerprint density at radius 1 is 1.39 bits per heavy atom. The van der Waals surface area contributed by atoms with Crippen LogP contribution >= 0.6 is 0 Å². The largest absolute Gasteiger partial charge is 0.337 e. The monoisotopic (exact) mass is 381 g/mol. The summed E-state index contributed by atoms with van der Waals surface area (Å²) in [6.45, 7) is 0.0643. The third-order valence-electron chi connectivity index (χ3n) is 4.49. The number of fused-ring (bicyclic) bond motifs is 1. The summed E-state index contributed by atoms with van der Waals surface area (Å²) in [5.41, 5.74) is 1.60. The van der Waals surface area contributed by atoms with Crippen molar-refractivity contribution in [3.05, 3.63) is 60.0 Å². The average Bonchev–Trinajstić information content (AvgIpc) is 3.16. The highest BCUT2D eigenvalue weighted by Crippen LogP contribution is 2.34. The van der Waals surface area contributed by atoms with Gasteiger partial charge < -0.3 is 14.7 Å². The minimum Gasteiger partial charge on any atom is -0.337 e. The molecule has 0 radical (unpaired) electrons. The van der Waals surface area contributed by atoms with Gasteiger partial charge in [-0.15, -0.1) is 0 Å². The van der Waals surface area contributed by atoms with Crippen LogP contribution in [0.2, 0.25) is 0 Å². The van der Waals surface area contributed by atoms with Crippen LogP contribution in [0, 0.1) is 5.82 Å². The van der Waals surface area contributed by atoms with E-state index in [1.54, 1.807) is 31.6 Å². The molecule has 1 N–H and O–H groups in total. The van der Waals surface area contributed by atoms with Crippen LogP contribution in [0.4, 0.5) is 10.1 Å². The van der Waals surface area contributed by atoms with Gasteiger partial charge in [0.2, 0.25) is 23.5 Å². The normalized spacial score (nSPS) is 15.6. The molecule has 0 bridgehead atoms. The van der Waals surface area contributed by atoms with Crippen molar-refractivity contribution >= 4 is 17.5 Å². The van der Waals surface area contributed by atoms with Gasteiger partial charge in [0.15, 0.2) is 0 Å². The zero-order valence-corrected chi connectivity index (χ0v) is 14.9. The molecule has 2 aromatic heterocycles. The van der Waals surface area contributed by atoms with E-state index in [2.05, 4.69) is 20.4 Å². The summed E-state index contributed by atoms with van der Waals surface area (Å²) in [7, 11) is 1.57. The smallest absolute Gasteiger partial charge is 0.246 e. The van der Waals surface area contributed by atoms with Gasteiger partial charge in [-0.1, -0.05) is 5.16 Å². The van der Waals surface area contributed by atoms with Crippen LogP contribution in [0.3, 0.4) is 0 Å². The van der Waals surface area contributed by atoms with Crippen molar-refractivity contribution < 1.29 is 18.5 Å². The van der Waals surface area contributed by atoms with E-state index in [4.69, 9.17) is 4.52 Å². The van der Waals surface area contributed by atoms with E-state index in [1.165, 1.54) is 23.1 Å². The maximum Gasteiger partial charge on any atom is 0.246 e. The van der Waals surface area contributed by atoms with E-state index in [1.807, 2.05) is 0 Å². The number of hydrogen-bond acceptors (Lipinski definition) is 6. The number of rotatable bonds is 4. The highest BCUT2D eigenvalue weighted by atomic mass is 19.1. The van der Waals surface area contributed by atoms with Crippen LogP contribution in [0.5, 0.6) is 0 Å². The highest BCUT2D eigenvalue weighted by Gasteiger charge is 2.33. The summed E-state index contributed by atoms with van der Waals surface area (Å²) >= 11 is 0. The summed E-state index contributed by atoms with van der Waals surface area (Å²) in [6, 6.07) is 7.53. The van der Waals surface area contributed by atoms with Gasteiger partial charge in [0.05, 0.1) is 12.5 Å². The van der Waals surface area contributed by atoms with Crippen molar-refractivity contribution in [2.45, 2.75) is 18.9 Å². The maximum atomic E-state index is 13.7. The number of pyridine rings is 1. The topological polar surface area (TPSA) is 101 Å². The Morgan fingerprint density at radius 3 is 3.04 bits per heavy atom. The molecule has 1 aliphatic rings. The molecule has 1 aromatic carbocycles. The Hall–Kier alpha value is -3.62. The molecule has 0 saturated carbocycles. The zero-order valence-electron chi connectivity index (χ0n) is 14.9. The molecule has 0 saturated heterocycles. The number of carbonyl (C=O) groups excluding carboxylic acids is 2. The molecule has 1 atom stereocenters. The van der Waals surface area contributed by atoms with E-state index in [0.29, 0.717) is 22.6 Å². The average molecular weight is 381 g/mol. The minimum atomic E-state index is -0.773. The molecular weight excluding hydrogens is 365 g/mol. The lowest BCUT2D eigenvalue weighted by Gasteiger charge is -2.28. The predicted octanol–water partition coefficient (Wildman–Crippen LogP) is 2.36. The number of anilines is 1. The third kappa shape index (κ3) is 3.46. The quantitative estimate of drug-likeness (QED) is 0.744. The summed E-state index contributed by atoms with van der Waals surface area (Å²) in [4.78, 5) is 34.5. The molecule has 9 heteroatoms. The second-order valence-electron chi connectivity index (χ2n) is 6.48. The lowest BCUT2D eigenvalue weighted by atomic mass is 9.89. The number of carbonyl (C=O) groups is 2. The lowest BCUT2D eigenvalue weighted by molar-refractivity contribution is -0.134. The number of nitrogens with zero attached hydrogens (tertiary/aromatic N) is 4. The highest BCUT2D eigenvalue weighted by molar-refractivity contribution is 6.01. The van der Waals surface area contributed by atoms with Crippen LogP contribution in [-0.2, 0) is 16.1 Å².